The molecular weight excluding hydrogens is 342 g/mol. The van der Waals surface area contributed by atoms with Gasteiger partial charge in [-0.1, -0.05) is 31.5 Å². The molecule has 27 heavy (non-hydrogen) atoms. The number of benzene rings is 2. The predicted molar refractivity (Wildman–Crippen MR) is 107 cm³/mol. The van der Waals surface area contributed by atoms with Crippen LogP contribution < -0.4 is 15.5 Å². The van der Waals surface area contributed by atoms with E-state index in [1.165, 1.54) is 6.21 Å². The average molecular weight is 367 g/mol. The Morgan fingerprint density at radius 2 is 1.70 bits per heavy atom. The Morgan fingerprint density at radius 3 is 2.33 bits per heavy atom. The lowest BCUT2D eigenvalue weighted by atomic mass is 10.2. The zero-order valence-electron chi connectivity index (χ0n) is 15.9. The van der Waals surface area contributed by atoms with Gasteiger partial charge >= 0.3 is 0 Å². The molecule has 0 aliphatic carbocycles. The number of carbonyl (C=O) groups excluding carboxylic acids is 2. The Balaban J connectivity index is 1.75. The molecule has 6 nitrogen and oxygen atoms in total. The van der Waals surface area contributed by atoms with Crippen LogP contribution in [0.15, 0.2) is 53.6 Å². The van der Waals surface area contributed by atoms with Gasteiger partial charge in [0.1, 0.15) is 12.2 Å². The number of rotatable bonds is 8. The maximum atomic E-state index is 11.9. The van der Waals surface area contributed by atoms with Crippen LogP contribution in [0.3, 0.4) is 0 Å². The highest BCUT2D eigenvalue weighted by atomic mass is 16.5. The summed E-state index contributed by atoms with van der Waals surface area (Å²) < 4.78 is 5.61. The van der Waals surface area contributed by atoms with Crippen molar-refractivity contribution in [2.24, 2.45) is 11.0 Å². The lowest BCUT2D eigenvalue weighted by Gasteiger charge is -2.08. The van der Waals surface area contributed by atoms with Gasteiger partial charge in [-0.15, -0.1) is 0 Å². The van der Waals surface area contributed by atoms with E-state index < -0.39 is 11.8 Å². The number of anilines is 1. The normalized spacial score (nSPS) is 10.8. The summed E-state index contributed by atoms with van der Waals surface area (Å²) in [6.45, 7) is 6.80. The molecule has 0 spiro atoms. The van der Waals surface area contributed by atoms with Crippen molar-refractivity contribution in [3.05, 3.63) is 59.7 Å². The minimum absolute atomic E-state index is 0.298. The second-order valence-corrected chi connectivity index (χ2v) is 6.66. The van der Waals surface area contributed by atoms with Gasteiger partial charge < -0.3 is 10.1 Å². The van der Waals surface area contributed by atoms with E-state index in [0.29, 0.717) is 18.2 Å². The lowest BCUT2D eigenvalue weighted by molar-refractivity contribution is -0.126. The van der Waals surface area contributed by atoms with Crippen LogP contribution in [-0.4, -0.2) is 24.6 Å². The van der Waals surface area contributed by atoms with E-state index >= 15 is 0 Å². The molecule has 0 saturated heterocycles. The van der Waals surface area contributed by atoms with E-state index in [-0.39, 0.29) is 6.42 Å². The number of aryl methyl sites for hydroxylation is 1. The van der Waals surface area contributed by atoms with Crippen molar-refractivity contribution in [1.82, 2.24) is 5.43 Å². The van der Waals surface area contributed by atoms with E-state index in [2.05, 4.69) is 29.7 Å². The minimum Gasteiger partial charge on any atom is -0.493 e. The van der Waals surface area contributed by atoms with E-state index in [4.69, 9.17) is 4.74 Å². The fourth-order valence-corrected chi connectivity index (χ4v) is 2.12. The van der Waals surface area contributed by atoms with Crippen molar-refractivity contribution >= 4 is 23.7 Å². The van der Waals surface area contributed by atoms with Crippen molar-refractivity contribution in [2.75, 3.05) is 11.9 Å². The van der Waals surface area contributed by atoms with Crippen molar-refractivity contribution in [2.45, 2.75) is 27.2 Å². The minimum atomic E-state index is -0.479. The Kier molecular flexibility index (Phi) is 7.55. The van der Waals surface area contributed by atoms with E-state index in [1.807, 2.05) is 43.3 Å². The Bertz CT molecular complexity index is 781. The van der Waals surface area contributed by atoms with Crippen molar-refractivity contribution < 1.29 is 14.3 Å². The number of ether oxygens (including phenoxy) is 1. The summed E-state index contributed by atoms with van der Waals surface area (Å²) in [5.74, 6) is 0.383. The average Bonchev–Trinajstić information content (AvgIpc) is 2.63. The van der Waals surface area contributed by atoms with Crippen LogP contribution in [0.1, 0.15) is 31.4 Å². The highest BCUT2D eigenvalue weighted by Crippen LogP contribution is 2.12. The van der Waals surface area contributed by atoms with Crippen molar-refractivity contribution in [3.63, 3.8) is 0 Å². The number of amides is 2. The van der Waals surface area contributed by atoms with Gasteiger partial charge in [0, 0.05) is 5.69 Å². The smallest absolute Gasteiger partial charge is 0.249 e. The van der Waals surface area contributed by atoms with Gasteiger partial charge in [0.2, 0.25) is 11.8 Å². The van der Waals surface area contributed by atoms with Gasteiger partial charge in [-0.25, -0.2) is 5.43 Å². The largest absolute Gasteiger partial charge is 0.493 e. The van der Waals surface area contributed by atoms with Crippen LogP contribution in [0.25, 0.3) is 0 Å². The number of hydrazone groups is 1. The summed E-state index contributed by atoms with van der Waals surface area (Å²) in [5, 5.41) is 6.54. The van der Waals surface area contributed by atoms with Crippen molar-refractivity contribution in [3.8, 4) is 5.75 Å². The third-order valence-electron chi connectivity index (χ3n) is 3.52. The summed E-state index contributed by atoms with van der Waals surface area (Å²) in [5.41, 5.74) is 4.92. The highest BCUT2D eigenvalue weighted by molar-refractivity contribution is 6.03. The third kappa shape index (κ3) is 7.73. The molecule has 2 aromatic rings. The number of hydrogen-bond acceptors (Lipinski definition) is 4. The van der Waals surface area contributed by atoms with Gasteiger partial charge in [-0.05, 0) is 54.8 Å². The van der Waals surface area contributed by atoms with E-state index in [9.17, 15) is 9.59 Å². The molecule has 6 heteroatoms. The first-order chi connectivity index (χ1) is 12.9. The summed E-state index contributed by atoms with van der Waals surface area (Å²) in [6, 6.07) is 14.7. The van der Waals surface area contributed by atoms with Crippen LogP contribution in [-0.2, 0) is 9.59 Å². The first-order valence-electron chi connectivity index (χ1n) is 8.83. The molecule has 2 aromatic carbocycles. The van der Waals surface area contributed by atoms with Crippen LogP contribution in [0.4, 0.5) is 5.69 Å². The second-order valence-electron chi connectivity index (χ2n) is 6.66. The fourth-order valence-electron chi connectivity index (χ4n) is 2.12. The highest BCUT2D eigenvalue weighted by Gasteiger charge is 2.08. The number of carbonyl (C=O) groups is 2. The Morgan fingerprint density at radius 1 is 1.04 bits per heavy atom. The standard InChI is InChI=1S/C21H25N3O3/c1-15(2)14-27-19-10-6-17(7-11-19)13-22-24-21(26)12-20(25)23-18-8-4-16(3)5-9-18/h4-11,13,15H,12,14H2,1-3H3,(H,23,25)(H,24,26). The molecule has 0 heterocycles. The molecule has 0 bridgehead atoms. The van der Waals surface area contributed by atoms with E-state index in [0.717, 1.165) is 16.9 Å². The van der Waals surface area contributed by atoms with Crippen LogP contribution in [0, 0.1) is 12.8 Å². The maximum absolute atomic E-state index is 11.9. The van der Waals surface area contributed by atoms with Gasteiger partial charge in [0.25, 0.3) is 0 Å². The zero-order chi connectivity index (χ0) is 19.6. The molecule has 142 valence electrons. The topological polar surface area (TPSA) is 79.8 Å². The molecule has 0 aromatic heterocycles. The predicted octanol–water partition coefficient (Wildman–Crippen LogP) is 3.51. The van der Waals surface area contributed by atoms with Gasteiger partial charge in [-0.2, -0.15) is 5.10 Å². The molecular formula is C21H25N3O3. The summed E-state index contributed by atoms with van der Waals surface area (Å²) >= 11 is 0. The Hall–Kier alpha value is -3.15. The molecule has 0 radical (unpaired) electrons. The van der Waals surface area contributed by atoms with Crippen molar-refractivity contribution in [1.29, 1.82) is 0 Å². The van der Waals surface area contributed by atoms with Crippen LogP contribution in [0.2, 0.25) is 0 Å². The monoisotopic (exact) mass is 367 g/mol. The maximum Gasteiger partial charge on any atom is 0.249 e. The molecule has 0 fully saturated rings. The molecule has 0 unspecified atom stereocenters. The SMILES string of the molecule is Cc1ccc(NC(=O)CC(=O)NN=Cc2ccc(OCC(C)C)cc2)cc1. The first-order valence-corrected chi connectivity index (χ1v) is 8.83. The number of nitrogens with zero attached hydrogens (tertiary/aromatic N) is 1. The lowest BCUT2D eigenvalue weighted by Crippen LogP contribution is -2.24. The van der Waals surface area contributed by atoms with Gasteiger partial charge in [0.05, 0.1) is 12.8 Å². The summed E-state index contributed by atoms with van der Waals surface area (Å²) in [4.78, 5) is 23.6. The first kappa shape index (κ1) is 20.2. The quantitative estimate of drug-likeness (QED) is 0.426. The third-order valence-corrected chi connectivity index (χ3v) is 3.52. The molecule has 2 rings (SSSR count). The van der Waals surface area contributed by atoms with Crippen LogP contribution in [0.5, 0.6) is 5.75 Å². The molecule has 0 saturated carbocycles. The fraction of sp³-hybridized carbons (Fsp3) is 0.286. The number of hydrogen-bond donors (Lipinski definition) is 2. The van der Waals surface area contributed by atoms with Gasteiger partial charge in [-0.3, -0.25) is 9.59 Å². The molecule has 2 amide bonds. The molecule has 0 aliphatic heterocycles. The number of nitrogens with one attached hydrogen (secondary N) is 2. The molecule has 0 atom stereocenters. The Labute approximate surface area is 159 Å². The van der Waals surface area contributed by atoms with Gasteiger partial charge in [0.15, 0.2) is 0 Å². The summed E-state index contributed by atoms with van der Waals surface area (Å²) in [6.07, 6.45) is 1.22. The second kappa shape index (κ2) is 10.1. The van der Waals surface area contributed by atoms with Crippen LogP contribution >= 0.6 is 0 Å². The molecule has 0 aliphatic rings. The molecule has 2 N–H and O–H groups in total. The van der Waals surface area contributed by atoms with E-state index in [1.54, 1.807) is 12.1 Å². The summed E-state index contributed by atoms with van der Waals surface area (Å²) in [7, 11) is 0. The zero-order valence-corrected chi connectivity index (χ0v) is 15.9.